The number of methoxy groups -OCH3 is 1. The highest BCUT2D eigenvalue weighted by Gasteiger charge is 2.46. The van der Waals surface area contributed by atoms with Gasteiger partial charge in [0.25, 0.3) is 0 Å². The monoisotopic (exact) mass is 378 g/mol. The Morgan fingerprint density at radius 1 is 1.12 bits per heavy atom. The topological polar surface area (TPSA) is 118 Å². The normalized spacial score (nSPS) is 32.7. The van der Waals surface area contributed by atoms with Crippen LogP contribution < -0.4 is 0 Å². The van der Waals surface area contributed by atoms with Crippen molar-refractivity contribution in [3.8, 4) is 0 Å². The molecule has 8 heteroatoms. The zero-order valence-electron chi connectivity index (χ0n) is 15.5. The van der Waals surface area contributed by atoms with Crippen LogP contribution in [0.5, 0.6) is 0 Å². The summed E-state index contributed by atoms with van der Waals surface area (Å²) in [5.74, 6) is -0.544. The first kappa shape index (κ1) is 22.0. The van der Waals surface area contributed by atoms with Crippen molar-refractivity contribution in [1.82, 2.24) is 0 Å². The fraction of sp³-hybridized carbons (Fsp3) is 1.00. The van der Waals surface area contributed by atoms with Crippen LogP contribution >= 0.6 is 0 Å². The first-order chi connectivity index (χ1) is 12.6. The van der Waals surface area contributed by atoms with Gasteiger partial charge in [0.1, 0.15) is 0 Å². The van der Waals surface area contributed by atoms with E-state index in [1.807, 2.05) is 0 Å². The van der Waals surface area contributed by atoms with Gasteiger partial charge in [-0.2, -0.15) is 0 Å². The van der Waals surface area contributed by atoms with Crippen molar-refractivity contribution in [3.63, 3.8) is 0 Å². The largest absolute Gasteiger partial charge is 0.394 e. The summed E-state index contributed by atoms with van der Waals surface area (Å²) in [6.07, 6.45) is 0.281. The van der Waals surface area contributed by atoms with Gasteiger partial charge in [0.2, 0.25) is 0 Å². The second-order valence-electron chi connectivity index (χ2n) is 7.18. The maximum Gasteiger partial charge on any atom is 0.162 e. The highest BCUT2D eigenvalue weighted by Crippen LogP contribution is 2.38. The molecule has 0 aromatic heterocycles. The van der Waals surface area contributed by atoms with Crippen molar-refractivity contribution in [3.05, 3.63) is 0 Å². The highest BCUT2D eigenvalue weighted by atomic mass is 16.7. The summed E-state index contributed by atoms with van der Waals surface area (Å²) in [5.41, 5.74) is 0. The van der Waals surface area contributed by atoms with Gasteiger partial charge in [-0.1, -0.05) is 0 Å². The molecule has 2 rings (SSSR count). The quantitative estimate of drug-likeness (QED) is 0.361. The van der Waals surface area contributed by atoms with E-state index in [4.69, 9.17) is 24.1 Å². The second kappa shape index (κ2) is 11.5. The van der Waals surface area contributed by atoms with E-state index in [0.717, 1.165) is 26.1 Å². The van der Waals surface area contributed by atoms with Gasteiger partial charge >= 0.3 is 0 Å². The standard InChI is InChI=1S/C18H34O8/c1-23-18(26-8-2-12(20)11-19)17-14(15(21)10-16(17)22)5-9-25-13-3-6-24-7-4-13/h12-22H,2-11H2,1H3/t12?,14-,15-,16+,17+,18?/m1/s1. The minimum atomic E-state index is -0.838. The number of aliphatic hydroxyl groups excluding tert-OH is 4. The lowest BCUT2D eigenvalue weighted by Gasteiger charge is -2.31. The number of rotatable bonds is 11. The van der Waals surface area contributed by atoms with E-state index in [1.54, 1.807) is 0 Å². The van der Waals surface area contributed by atoms with Crippen LogP contribution in [0.15, 0.2) is 0 Å². The number of aliphatic hydroxyl groups is 4. The van der Waals surface area contributed by atoms with Crippen LogP contribution in [-0.2, 0) is 18.9 Å². The van der Waals surface area contributed by atoms with E-state index < -0.39 is 24.6 Å². The lowest BCUT2D eigenvalue weighted by atomic mass is 9.90. The summed E-state index contributed by atoms with van der Waals surface area (Å²) in [4.78, 5) is 0. The first-order valence-corrected chi connectivity index (χ1v) is 9.55. The third-order valence-corrected chi connectivity index (χ3v) is 5.38. The van der Waals surface area contributed by atoms with Gasteiger partial charge in [0, 0.05) is 32.8 Å². The Morgan fingerprint density at radius 3 is 2.50 bits per heavy atom. The molecule has 0 bridgehead atoms. The van der Waals surface area contributed by atoms with Crippen LogP contribution in [0.2, 0.25) is 0 Å². The van der Waals surface area contributed by atoms with Crippen LogP contribution in [-0.4, -0.2) is 91.3 Å². The van der Waals surface area contributed by atoms with E-state index in [2.05, 4.69) is 0 Å². The SMILES string of the molecule is COC(OCCC(O)CO)[C@H]1[C@H](CCOC2CCOCC2)[C@H](O)C[C@@H]1O. The average molecular weight is 378 g/mol. The Labute approximate surface area is 155 Å². The molecular weight excluding hydrogens is 344 g/mol. The van der Waals surface area contributed by atoms with Gasteiger partial charge < -0.3 is 39.4 Å². The van der Waals surface area contributed by atoms with Crippen molar-refractivity contribution < 1.29 is 39.4 Å². The number of hydrogen-bond acceptors (Lipinski definition) is 8. The van der Waals surface area contributed by atoms with Crippen molar-refractivity contribution >= 4 is 0 Å². The number of hydrogen-bond donors (Lipinski definition) is 4. The molecule has 1 aliphatic carbocycles. The molecule has 1 saturated carbocycles. The molecule has 1 saturated heterocycles. The molecule has 6 atom stereocenters. The summed E-state index contributed by atoms with van der Waals surface area (Å²) in [6.45, 7) is 1.83. The highest BCUT2D eigenvalue weighted by molar-refractivity contribution is 4.93. The van der Waals surface area contributed by atoms with Gasteiger partial charge in [-0.25, -0.2) is 0 Å². The van der Waals surface area contributed by atoms with E-state index in [9.17, 15) is 15.3 Å². The Kier molecular flexibility index (Phi) is 9.73. The van der Waals surface area contributed by atoms with Crippen LogP contribution in [0, 0.1) is 11.8 Å². The summed E-state index contributed by atoms with van der Waals surface area (Å²) in [7, 11) is 1.50. The van der Waals surface area contributed by atoms with E-state index in [1.165, 1.54) is 7.11 Å². The second-order valence-corrected chi connectivity index (χ2v) is 7.18. The zero-order valence-corrected chi connectivity index (χ0v) is 15.5. The predicted molar refractivity (Wildman–Crippen MR) is 92.5 cm³/mol. The molecule has 2 aliphatic rings. The summed E-state index contributed by atoms with van der Waals surface area (Å²) >= 11 is 0. The Bertz CT molecular complexity index is 376. The van der Waals surface area contributed by atoms with Crippen LogP contribution in [0.4, 0.5) is 0 Å². The maximum atomic E-state index is 10.4. The van der Waals surface area contributed by atoms with Crippen molar-refractivity contribution in [2.75, 3.05) is 40.1 Å². The van der Waals surface area contributed by atoms with Crippen LogP contribution in [0.3, 0.4) is 0 Å². The van der Waals surface area contributed by atoms with Gasteiger partial charge in [-0.05, 0) is 38.0 Å². The molecule has 8 nitrogen and oxygen atoms in total. The molecular formula is C18H34O8. The fourth-order valence-corrected chi connectivity index (χ4v) is 3.85. The summed E-state index contributed by atoms with van der Waals surface area (Å²) in [5, 5.41) is 39.0. The lowest BCUT2D eigenvalue weighted by Crippen LogP contribution is -2.38. The minimum absolute atomic E-state index is 0.183. The molecule has 26 heavy (non-hydrogen) atoms. The van der Waals surface area contributed by atoms with E-state index in [0.29, 0.717) is 13.0 Å². The molecule has 4 N–H and O–H groups in total. The summed E-state index contributed by atoms with van der Waals surface area (Å²) in [6, 6.07) is 0. The van der Waals surface area contributed by atoms with Crippen molar-refractivity contribution in [1.29, 1.82) is 0 Å². The van der Waals surface area contributed by atoms with Gasteiger partial charge in [-0.3, -0.25) is 0 Å². The molecule has 2 unspecified atom stereocenters. The first-order valence-electron chi connectivity index (χ1n) is 9.55. The average Bonchev–Trinajstić information content (AvgIpc) is 2.93. The third kappa shape index (κ3) is 6.38. The Hall–Kier alpha value is -0.320. The van der Waals surface area contributed by atoms with Gasteiger partial charge in [0.05, 0.1) is 37.6 Å². The fourth-order valence-electron chi connectivity index (χ4n) is 3.85. The Morgan fingerprint density at radius 2 is 1.85 bits per heavy atom. The molecule has 1 aliphatic heterocycles. The molecule has 0 spiro atoms. The predicted octanol–water partition coefficient (Wildman–Crippen LogP) is -0.338. The van der Waals surface area contributed by atoms with E-state index in [-0.39, 0.29) is 44.0 Å². The molecule has 154 valence electrons. The minimum Gasteiger partial charge on any atom is -0.394 e. The lowest BCUT2D eigenvalue weighted by molar-refractivity contribution is -0.186. The molecule has 2 fully saturated rings. The maximum absolute atomic E-state index is 10.4. The molecule has 0 aromatic rings. The van der Waals surface area contributed by atoms with Crippen molar-refractivity contribution in [2.45, 2.75) is 62.8 Å². The van der Waals surface area contributed by atoms with Crippen LogP contribution in [0.1, 0.15) is 32.1 Å². The Balaban J connectivity index is 1.83. The smallest absolute Gasteiger partial charge is 0.162 e. The molecule has 0 radical (unpaired) electrons. The van der Waals surface area contributed by atoms with Crippen molar-refractivity contribution in [2.24, 2.45) is 11.8 Å². The third-order valence-electron chi connectivity index (χ3n) is 5.38. The van der Waals surface area contributed by atoms with Gasteiger partial charge in [-0.15, -0.1) is 0 Å². The molecule has 1 heterocycles. The van der Waals surface area contributed by atoms with E-state index >= 15 is 0 Å². The zero-order chi connectivity index (χ0) is 18.9. The summed E-state index contributed by atoms with van der Waals surface area (Å²) < 4.78 is 22.3. The van der Waals surface area contributed by atoms with Crippen LogP contribution in [0.25, 0.3) is 0 Å². The molecule has 0 amide bonds. The number of ether oxygens (including phenoxy) is 4. The molecule has 0 aromatic carbocycles. The van der Waals surface area contributed by atoms with Gasteiger partial charge in [0.15, 0.2) is 6.29 Å².